The van der Waals surface area contributed by atoms with E-state index >= 15 is 0 Å². The molecule has 0 atom stereocenters. The molecule has 1 aromatic heterocycles. The van der Waals surface area contributed by atoms with Crippen molar-refractivity contribution in [3.63, 3.8) is 0 Å². The van der Waals surface area contributed by atoms with Crippen LogP contribution in [0, 0.1) is 0 Å². The van der Waals surface area contributed by atoms with E-state index in [1.165, 1.54) is 13.1 Å². The molecular formula is C15H11NSe2. The fourth-order valence-corrected chi connectivity index (χ4v) is 7.21. The number of nitrogens with zero attached hydrogens (tertiary/aromatic N) is 1. The molecule has 3 aromatic rings. The predicted molar refractivity (Wildman–Crippen MR) is 77.4 cm³/mol. The first-order valence-electron chi connectivity index (χ1n) is 5.66. The number of rotatable bonds is 2. The number of hydrogen-bond acceptors (Lipinski definition) is 1. The topological polar surface area (TPSA) is 12.4 Å². The van der Waals surface area contributed by atoms with Crippen LogP contribution in [-0.4, -0.2) is 29.0 Å². The van der Waals surface area contributed by atoms with Gasteiger partial charge < -0.3 is 0 Å². The van der Waals surface area contributed by atoms with Crippen molar-refractivity contribution in [3.05, 3.63) is 68.7 Å². The van der Waals surface area contributed by atoms with Gasteiger partial charge in [0.2, 0.25) is 0 Å². The summed E-state index contributed by atoms with van der Waals surface area (Å²) in [5, 5.41) is 0. The molecule has 0 aliphatic carbocycles. The van der Waals surface area contributed by atoms with Gasteiger partial charge in [-0.2, -0.15) is 0 Å². The number of hydrogen-bond donors (Lipinski definition) is 0. The van der Waals surface area contributed by atoms with E-state index in [-0.39, 0.29) is 0 Å². The van der Waals surface area contributed by atoms with Crippen molar-refractivity contribution in [3.8, 4) is 10.0 Å². The Bertz CT molecular complexity index is 681. The summed E-state index contributed by atoms with van der Waals surface area (Å²) >= 11 is 0.832. The summed E-state index contributed by atoms with van der Waals surface area (Å²) in [4.78, 5) is 7.13. The van der Waals surface area contributed by atoms with Gasteiger partial charge in [-0.25, -0.2) is 0 Å². The SMILES string of the molecule is c1ccc(N=c2[se]cc(-c3ccccc3)[se]2)cc1. The molecular weight excluding hydrogens is 352 g/mol. The van der Waals surface area contributed by atoms with E-state index < -0.39 is 0 Å². The Morgan fingerprint density at radius 3 is 2.17 bits per heavy atom. The van der Waals surface area contributed by atoms with Gasteiger partial charge in [-0.1, -0.05) is 0 Å². The van der Waals surface area contributed by atoms with E-state index in [0.29, 0.717) is 29.0 Å². The molecule has 0 saturated carbocycles. The van der Waals surface area contributed by atoms with Crippen LogP contribution in [-0.2, 0) is 0 Å². The third-order valence-electron chi connectivity index (χ3n) is 2.50. The van der Waals surface area contributed by atoms with Gasteiger partial charge in [0.25, 0.3) is 0 Å². The fraction of sp³-hybridized carbons (Fsp3) is 0. The minimum atomic E-state index is 0.400. The quantitative estimate of drug-likeness (QED) is 0.621. The van der Waals surface area contributed by atoms with E-state index in [4.69, 9.17) is 4.99 Å². The fourth-order valence-electron chi connectivity index (χ4n) is 1.63. The van der Waals surface area contributed by atoms with Crippen LogP contribution in [0.1, 0.15) is 0 Å². The zero-order chi connectivity index (χ0) is 12.2. The summed E-state index contributed by atoms with van der Waals surface area (Å²) in [6, 6.07) is 20.9. The zero-order valence-corrected chi connectivity index (χ0v) is 13.0. The van der Waals surface area contributed by atoms with Crippen molar-refractivity contribution in [1.29, 1.82) is 0 Å². The molecule has 18 heavy (non-hydrogen) atoms. The van der Waals surface area contributed by atoms with Crippen molar-refractivity contribution in [2.45, 2.75) is 0 Å². The summed E-state index contributed by atoms with van der Waals surface area (Å²) in [5.74, 6) is 0. The van der Waals surface area contributed by atoms with Gasteiger partial charge in [0.1, 0.15) is 0 Å². The second-order valence-electron chi connectivity index (χ2n) is 3.78. The molecule has 0 unspecified atom stereocenters. The second kappa shape index (κ2) is 5.69. The molecule has 3 heteroatoms. The molecule has 0 spiro atoms. The Morgan fingerprint density at radius 2 is 1.44 bits per heavy atom. The molecule has 0 aliphatic rings. The molecule has 1 nitrogen and oxygen atoms in total. The van der Waals surface area contributed by atoms with Crippen molar-refractivity contribution in [1.82, 2.24) is 0 Å². The molecule has 0 radical (unpaired) electrons. The average Bonchev–Trinajstić information content (AvgIpc) is 2.89. The predicted octanol–water partition coefficient (Wildman–Crippen LogP) is 2.70. The van der Waals surface area contributed by atoms with Crippen molar-refractivity contribution in [2.24, 2.45) is 4.99 Å². The molecule has 88 valence electrons. The first-order valence-corrected chi connectivity index (χ1v) is 9.21. The summed E-state index contributed by atoms with van der Waals surface area (Å²) in [6.45, 7) is 0. The van der Waals surface area contributed by atoms with E-state index in [0.717, 1.165) is 5.69 Å². The van der Waals surface area contributed by atoms with Crippen molar-refractivity contribution >= 4 is 34.7 Å². The zero-order valence-electron chi connectivity index (χ0n) is 9.61. The van der Waals surface area contributed by atoms with E-state index in [9.17, 15) is 0 Å². The standard InChI is InChI=1S/C15H11NSe2/c1-3-7-12(8-4-1)14-11-17-15(18-14)16-13-9-5-2-6-10-13/h1-11H. The third kappa shape index (κ3) is 2.82. The molecule has 0 fully saturated rings. The van der Waals surface area contributed by atoms with Crippen LogP contribution in [0.25, 0.3) is 10.0 Å². The molecule has 0 amide bonds. The van der Waals surface area contributed by atoms with Gasteiger partial charge in [-0.15, -0.1) is 0 Å². The normalized spacial score (nSPS) is 11.7. The number of benzene rings is 2. The summed E-state index contributed by atoms with van der Waals surface area (Å²) in [5.41, 5.74) is 2.44. The van der Waals surface area contributed by atoms with Crippen molar-refractivity contribution in [2.75, 3.05) is 0 Å². The molecule has 3 rings (SSSR count). The van der Waals surface area contributed by atoms with E-state index in [2.05, 4.69) is 47.4 Å². The Labute approximate surface area is 118 Å². The van der Waals surface area contributed by atoms with Gasteiger partial charge in [-0.3, -0.25) is 0 Å². The molecule has 1 heterocycles. The van der Waals surface area contributed by atoms with Crippen LogP contribution in [0.5, 0.6) is 0 Å². The average molecular weight is 363 g/mol. The first kappa shape index (κ1) is 12.0. The van der Waals surface area contributed by atoms with Gasteiger partial charge in [0.05, 0.1) is 0 Å². The van der Waals surface area contributed by atoms with Crippen LogP contribution in [0.4, 0.5) is 5.69 Å². The van der Waals surface area contributed by atoms with Crippen LogP contribution < -0.4 is 3.11 Å². The van der Waals surface area contributed by atoms with Crippen LogP contribution in [0.2, 0.25) is 0 Å². The first-order chi connectivity index (χ1) is 8.92. The van der Waals surface area contributed by atoms with Gasteiger partial charge in [0.15, 0.2) is 0 Å². The molecule has 0 bridgehead atoms. The van der Waals surface area contributed by atoms with Crippen LogP contribution in [0.15, 0.2) is 70.6 Å². The Hall–Kier alpha value is -1.11. The summed E-state index contributed by atoms with van der Waals surface area (Å²) < 4.78 is 2.86. The van der Waals surface area contributed by atoms with E-state index in [1.54, 1.807) is 0 Å². The van der Waals surface area contributed by atoms with Gasteiger partial charge in [-0.05, 0) is 0 Å². The Kier molecular flexibility index (Phi) is 3.77. The third-order valence-corrected chi connectivity index (χ3v) is 8.33. The monoisotopic (exact) mass is 365 g/mol. The molecule has 0 saturated heterocycles. The summed E-state index contributed by atoms with van der Waals surface area (Å²) in [7, 11) is 0. The minimum absolute atomic E-state index is 0.400. The van der Waals surface area contributed by atoms with E-state index in [1.807, 2.05) is 18.2 Å². The Balaban J connectivity index is 1.98. The maximum absolute atomic E-state index is 4.75. The van der Waals surface area contributed by atoms with Gasteiger partial charge in [0, 0.05) is 0 Å². The Morgan fingerprint density at radius 1 is 0.778 bits per heavy atom. The van der Waals surface area contributed by atoms with Crippen LogP contribution in [0.3, 0.4) is 0 Å². The second-order valence-corrected chi connectivity index (χ2v) is 9.05. The molecule has 2 aromatic carbocycles. The van der Waals surface area contributed by atoms with Crippen molar-refractivity contribution < 1.29 is 0 Å². The number of para-hydroxylation sites is 1. The molecule has 0 N–H and O–H groups in total. The summed E-state index contributed by atoms with van der Waals surface area (Å²) in [6.07, 6.45) is 0. The molecule has 0 aliphatic heterocycles. The maximum atomic E-state index is 4.75. The van der Waals surface area contributed by atoms with Crippen LogP contribution >= 0.6 is 0 Å². The van der Waals surface area contributed by atoms with Gasteiger partial charge >= 0.3 is 118 Å².